The van der Waals surface area contributed by atoms with E-state index in [0.717, 1.165) is 5.75 Å². The van der Waals surface area contributed by atoms with Crippen LogP contribution in [0, 0.1) is 13.8 Å². The van der Waals surface area contributed by atoms with E-state index in [0.29, 0.717) is 46.2 Å². The van der Waals surface area contributed by atoms with Crippen LogP contribution in [0.15, 0.2) is 24.3 Å². The molecule has 0 bridgehead atoms. The Balaban J connectivity index is 1.87. The Bertz CT molecular complexity index is 310. The van der Waals surface area contributed by atoms with E-state index in [4.69, 9.17) is 18.9 Å². The molecule has 0 atom stereocenters. The van der Waals surface area contributed by atoms with Gasteiger partial charge in [-0.15, -0.1) is 0 Å². The smallest absolute Gasteiger partial charge is 0.119 e. The minimum absolute atomic E-state index is 0.482. The molecule has 0 N–H and O–H groups in total. The molecule has 1 rings (SSSR count). The summed E-state index contributed by atoms with van der Waals surface area (Å²) < 4.78 is 21.2. The number of benzene rings is 1. The van der Waals surface area contributed by atoms with Gasteiger partial charge in [-0.3, -0.25) is 0 Å². The molecule has 1 aromatic rings. The van der Waals surface area contributed by atoms with Gasteiger partial charge in [-0.1, -0.05) is 17.7 Å². The molecule has 0 heterocycles. The number of rotatable bonds is 11. The molecule has 1 radical (unpaired) electrons. The highest BCUT2D eigenvalue weighted by Gasteiger charge is 1.94. The predicted octanol–water partition coefficient (Wildman–Crippen LogP) is 2.26. The third-order valence-corrected chi connectivity index (χ3v) is 2.41. The average molecular weight is 267 g/mol. The number of hydrogen-bond acceptors (Lipinski definition) is 4. The summed E-state index contributed by atoms with van der Waals surface area (Å²) in [6, 6.07) is 7.97. The quantitative estimate of drug-likeness (QED) is 0.576. The summed E-state index contributed by atoms with van der Waals surface area (Å²) in [5.41, 5.74) is 1.23. The van der Waals surface area contributed by atoms with Gasteiger partial charge in [0, 0.05) is 6.61 Å². The van der Waals surface area contributed by atoms with Crippen LogP contribution in [-0.2, 0) is 14.2 Å². The first-order valence-corrected chi connectivity index (χ1v) is 6.55. The van der Waals surface area contributed by atoms with Crippen molar-refractivity contribution in [3.8, 4) is 5.75 Å². The fourth-order valence-electron chi connectivity index (χ4n) is 1.39. The van der Waals surface area contributed by atoms with Crippen LogP contribution in [0.2, 0.25) is 0 Å². The van der Waals surface area contributed by atoms with Gasteiger partial charge in [-0.25, -0.2) is 0 Å². The first kappa shape index (κ1) is 16.0. The van der Waals surface area contributed by atoms with Crippen molar-refractivity contribution in [1.29, 1.82) is 0 Å². The van der Waals surface area contributed by atoms with Crippen molar-refractivity contribution >= 4 is 0 Å². The monoisotopic (exact) mass is 267 g/mol. The zero-order valence-electron chi connectivity index (χ0n) is 11.6. The Morgan fingerprint density at radius 3 is 1.89 bits per heavy atom. The molecule has 0 spiro atoms. The normalized spacial score (nSPS) is 10.6. The van der Waals surface area contributed by atoms with Gasteiger partial charge >= 0.3 is 0 Å². The fourth-order valence-corrected chi connectivity index (χ4v) is 1.39. The van der Waals surface area contributed by atoms with Crippen LogP contribution in [0.3, 0.4) is 0 Å². The lowest BCUT2D eigenvalue weighted by molar-refractivity contribution is 0.0133. The van der Waals surface area contributed by atoms with E-state index in [1.54, 1.807) is 0 Å². The minimum atomic E-state index is 0.482. The van der Waals surface area contributed by atoms with Crippen molar-refractivity contribution in [1.82, 2.24) is 0 Å². The predicted molar refractivity (Wildman–Crippen MR) is 74.5 cm³/mol. The Hall–Kier alpha value is -1.10. The molecule has 107 valence electrons. The van der Waals surface area contributed by atoms with Crippen LogP contribution in [0.4, 0.5) is 0 Å². The third-order valence-electron chi connectivity index (χ3n) is 2.41. The van der Waals surface area contributed by atoms with Gasteiger partial charge in [0.2, 0.25) is 0 Å². The zero-order valence-corrected chi connectivity index (χ0v) is 11.6. The van der Waals surface area contributed by atoms with Crippen LogP contribution >= 0.6 is 0 Å². The van der Waals surface area contributed by atoms with Crippen molar-refractivity contribution in [3.63, 3.8) is 0 Å². The Morgan fingerprint density at radius 1 is 0.789 bits per heavy atom. The Labute approximate surface area is 115 Å². The highest BCUT2D eigenvalue weighted by Crippen LogP contribution is 2.10. The average Bonchev–Trinajstić information content (AvgIpc) is 2.43. The van der Waals surface area contributed by atoms with Crippen molar-refractivity contribution in [2.24, 2.45) is 0 Å². The lowest BCUT2D eigenvalue weighted by Gasteiger charge is -2.08. The molecule has 0 aromatic heterocycles. The maximum Gasteiger partial charge on any atom is 0.119 e. The first-order chi connectivity index (χ1) is 9.33. The molecule has 0 aliphatic heterocycles. The molecule has 19 heavy (non-hydrogen) atoms. The zero-order chi connectivity index (χ0) is 13.8. The number of ether oxygens (including phenoxy) is 4. The number of hydrogen-bond donors (Lipinski definition) is 0. The summed E-state index contributed by atoms with van der Waals surface area (Å²) >= 11 is 0. The largest absolute Gasteiger partial charge is 0.491 e. The maximum atomic E-state index is 5.53. The molecule has 0 saturated heterocycles. The van der Waals surface area contributed by atoms with Crippen LogP contribution in [0.5, 0.6) is 5.75 Å². The van der Waals surface area contributed by atoms with Gasteiger partial charge in [0.1, 0.15) is 12.4 Å². The first-order valence-electron chi connectivity index (χ1n) is 6.55. The third kappa shape index (κ3) is 8.59. The van der Waals surface area contributed by atoms with Gasteiger partial charge in [0.05, 0.1) is 33.0 Å². The molecule has 0 fully saturated rings. The molecule has 0 aliphatic carbocycles. The van der Waals surface area contributed by atoms with E-state index in [1.165, 1.54) is 5.56 Å². The SMILES string of the molecule is [CH2]COCCOCCOCCOc1ccc(C)cc1. The van der Waals surface area contributed by atoms with E-state index in [1.807, 2.05) is 24.3 Å². The molecular weight excluding hydrogens is 244 g/mol. The Morgan fingerprint density at radius 2 is 1.32 bits per heavy atom. The molecule has 0 unspecified atom stereocenters. The van der Waals surface area contributed by atoms with Crippen LogP contribution in [0.25, 0.3) is 0 Å². The van der Waals surface area contributed by atoms with Crippen LogP contribution < -0.4 is 4.74 Å². The van der Waals surface area contributed by atoms with Crippen molar-refractivity contribution in [3.05, 3.63) is 36.8 Å². The molecule has 0 saturated carbocycles. The second-order valence-electron chi connectivity index (χ2n) is 4.00. The van der Waals surface area contributed by atoms with Crippen LogP contribution in [-0.4, -0.2) is 46.2 Å². The fraction of sp³-hybridized carbons (Fsp3) is 0.533. The second kappa shape index (κ2) is 10.8. The van der Waals surface area contributed by atoms with Gasteiger partial charge in [-0.05, 0) is 26.0 Å². The molecule has 0 aliphatic rings. The van der Waals surface area contributed by atoms with Crippen LogP contribution in [0.1, 0.15) is 5.56 Å². The highest BCUT2D eigenvalue weighted by atomic mass is 16.6. The topological polar surface area (TPSA) is 36.9 Å². The molecule has 1 aromatic carbocycles. The molecule has 4 nitrogen and oxygen atoms in total. The lowest BCUT2D eigenvalue weighted by Crippen LogP contribution is -2.12. The standard InChI is InChI=1S/C15H23O4/c1-3-16-8-9-17-10-11-18-12-13-19-15-6-4-14(2)5-7-15/h4-7H,1,3,8-13H2,2H3. The molecule has 0 amide bonds. The van der Waals surface area contributed by atoms with E-state index in [2.05, 4.69) is 13.8 Å². The summed E-state index contributed by atoms with van der Waals surface area (Å²) in [5.74, 6) is 0.871. The Kier molecular flexibility index (Phi) is 9.06. The minimum Gasteiger partial charge on any atom is -0.491 e. The summed E-state index contributed by atoms with van der Waals surface area (Å²) in [7, 11) is 0. The summed E-state index contributed by atoms with van der Waals surface area (Å²) in [6.45, 7) is 9.52. The second-order valence-corrected chi connectivity index (χ2v) is 4.00. The van der Waals surface area contributed by atoms with E-state index >= 15 is 0 Å². The summed E-state index contributed by atoms with van der Waals surface area (Å²) in [6.07, 6.45) is 0. The van der Waals surface area contributed by atoms with E-state index < -0.39 is 0 Å². The van der Waals surface area contributed by atoms with Crippen molar-refractivity contribution in [2.75, 3.05) is 46.2 Å². The van der Waals surface area contributed by atoms with Gasteiger partial charge in [0.25, 0.3) is 0 Å². The van der Waals surface area contributed by atoms with Gasteiger partial charge < -0.3 is 18.9 Å². The lowest BCUT2D eigenvalue weighted by atomic mass is 10.2. The maximum absolute atomic E-state index is 5.53. The van der Waals surface area contributed by atoms with Crippen molar-refractivity contribution < 1.29 is 18.9 Å². The summed E-state index contributed by atoms with van der Waals surface area (Å²) in [5, 5.41) is 0. The van der Waals surface area contributed by atoms with Gasteiger partial charge in [-0.2, -0.15) is 0 Å². The van der Waals surface area contributed by atoms with Gasteiger partial charge in [0.15, 0.2) is 0 Å². The van der Waals surface area contributed by atoms with Crippen molar-refractivity contribution in [2.45, 2.75) is 6.92 Å². The summed E-state index contributed by atoms with van der Waals surface area (Å²) in [4.78, 5) is 0. The highest BCUT2D eigenvalue weighted by molar-refractivity contribution is 5.26. The molecular formula is C15H23O4. The number of aryl methyl sites for hydroxylation is 1. The van der Waals surface area contributed by atoms with E-state index in [-0.39, 0.29) is 0 Å². The van der Waals surface area contributed by atoms with E-state index in [9.17, 15) is 0 Å². The molecule has 4 heteroatoms.